The molecule has 0 amide bonds. The number of thioether (sulfide) groups is 1. The van der Waals surface area contributed by atoms with Crippen LogP contribution in [0.2, 0.25) is 0 Å². The molecule has 2 aromatic carbocycles. The Morgan fingerprint density at radius 3 is 2.52 bits per heavy atom. The Balaban J connectivity index is 1.62. The highest BCUT2D eigenvalue weighted by atomic mass is 32.2. The summed E-state index contributed by atoms with van der Waals surface area (Å²) in [6, 6.07) is 14.5. The number of halogens is 2. The number of aromatic nitrogens is 5. The van der Waals surface area contributed by atoms with Crippen LogP contribution in [0.3, 0.4) is 0 Å². The number of rotatable bonds is 7. The monoisotopic (exact) mass is 415 g/mol. The van der Waals surface area contributed by atoms with Gasteiger partial charge in [0, 0.05) is 12.1 Å². The van der Waals surface area contributed by atoms with Crippen LogP contribution >= 0.6 is 11.8 Å². The maximum absolute atomic E-state index is 13.6. The first kappa shape index (κ1) is 19.4. The lowest BCUT2D eigenvalue weighted by Crippen LogP contribution is -2.04. The van der Waals surface area contributed by atoms with Gasteiger partial charge in [-0.1, -0.05) is 23.9 Å². The third-order valence-electron chi connectivity index (χ3n) is 4.58. The average Bonchev–Trinajstić information content (AvgIpc) is 3.32. The van der Waals surface area contributed by atoms with E-state index in [0.29, 0.717) is 28.6 Å². The van der Waals surface area contributed by atoms with E-state index in [2.05, 4.69) is 15.2 Å². The molecule has 0 unspecified atom stereocenters. The maximum Gasteiger partial charge on any atom is 0.320 e. The molecule has 0 aliphatic carbocycles. The van der Waals surface area contributed by atoms with Gasteiger partial charge in [0.15, 0.2) is 11.0 Å². The molecule has 6 nitrogen and oxygen atoms in total. The van der Waals surface area contributed by atoms with Gasteiger partial charge in [-0.25, -0.2) is 4.98 Å². The van der Waals surface area contributed by atoms with E-state index in [1.54, 1.807) is 31.4 Å². The van der Waals surface area contributed by atoms with E-state index in [0.717, 1.165) is 21.7 Å². The maximum atomic E-state index is 13.6. The number of para-hydroxylation sites is 2. The molecule has 0 fully saturated rings. The molecule has 0 aliphatic heterocycles. The van der Waals surface area contributed by atoms with Crippen LogP contribution in [-0.2, 0) is 12.3 Å². The number of nitrogens with zero attached hydrogens (tertiary/aromatic N) is 5. The van der Waals surface area contributed by atoms with Crippen LogP contribution in [0.15, 0.2) is 53.7 Å². The summed E-state index contributed by atoms with van der Waals surface area (Å²) < 4.78 is 35.4. The number of hydrogen-bond acceptors (Lipinski definition) is 5. The molecule has 4 rings (SSSR count). The molecule has 4 aromatic rings. The van der Waals surface area contributed by atoms with Crippen molar-refractivity contribution in [2.24, 2.45) is 0 Å². The summed E-state index contributed by atoms with van der Waals surface area (Å²) in [7, 11) is 1.62. The second-order valence-electron chi connectivity index (χ2n) is 6.23. The Hall–Kier alpha value is -2.94. The predicted octanol–water partition coefficient (Wildman–Crippen LogP) is 5.01. The molecule has 9 heteroatoms. The van der Waals surface area contributed by atoms with Gasteiger partial charge in [-0.05, 0) is 43.3 Å². The quantitative estimate of drug-likeness (QED) is 0.397. The lowest BCUT2D eigenvalue weighted by molar-refractivity contribution is 0.0722. The lowest BCUT2D eigenvalue weighted by Gasteiger charge is -2.09. The van der Waals surface area contributed by atoms with Crippen molar-refractivity contribution in [3.8, 4) is 17.1 Å². The number of hydrogen-bond donors (Lipinski definition) is 0. The number of fused-ring (bicyclic) bond motifs is 1. The number of imidazole rings is 1. The van der Waals surface area contributed by atoms with Crippen LogP contribution in [0.5, 0.6) is 5.75 Å². The molecule has 0 atom stereocenters. The number of ether oxygens (including phenoxy) is 1. The predicted molar refractivity (Wildman–Crippen MR) is 108 cm³/mol. The molecular weight excluding hydrogens is 396 g/mol. The van der Waals surface area contributed by atoms with Crippen molar-refractivity contribution in [2.45, 2.75) is 30.9 Å². The summed E-state index contributed by atoms with van der Waals surface area (Å²) in [5, 5.41) is 9.23. The van der Waals surface area contributed by atoms with Crippen LogP contribution in [-0.4, -0.2) is 31.4 Å². The standard InChI is InChI=1S/C20H19F2N5OS/c1-3-26-18(13-8-10-14(28-2)11-9-13)24-25-20(26)29-12-17-23-15-6-4-5-7-16(15)27(17)19(21)22/h4-11,19H,3,12H2,1-2H3. The highest BCUT2D eigenvalue weighted by Gasteiger charge is 2.19. The van der Waals surface area contributed by atoms with E-state index >= 15 is 0 Å². The Labute approximate surface area is 170 Å². The molecule has 0 saturated heterocycles. The van der Waals surface area contributed by atoms with Gasteiger partial charge in [0.1, 0.15) is 11.6 Å². The zero-order valence-corrected chi connectivity index (χ0v) is 16.7. The SMILES string of the molecule is CCn1c(SCc2nc3ccccc3n2C(F)F)nnc1-c1ccc(OC)cc1. The van der Waals surface area contributed by atoms with E-state index in [4.69, 9.17) is 4.74 Å². The minimum Gasteiger partial charge on any atom is -0.497 e. The first-order valence-electron chi connectivity index (χ1n) is 9.06. The molecule has 0 spiro atoms. The first-order valence-corrected chi connectivity index (χ1v) is 10.0. The van der Waals surface area contributed by atoms with Crippen molar-refractivity contribution in [1.29, 1.82) is 0 Å². The first-order chi connectivity index (χ1) is 14.1. The summed E-state index contributed by atoms with van der Waals surface area (Å²) in [5.74, 6) is 2.06. The zero-order chi connectivity index (χ0) is 20.4. The Kier molecular flexibility index (Phi) is 5.48. The van der Waals surface area contributed by atoms with Gasteiger partial charge in [-0.2, -0.15) is 8.78 Å². The fourth-order valence-corrected chi connectivity index (χ4v) is 4.11. The smallest absolute Gasteiger partial charge is 0.320 e. The highest BCUT2D eigenvalue weighted by Crippen LogP contribution is 2.30. The van der Waals surface area contributed by atoms with Gasteiger partial charge < -0.3 is 9.30 Å². The van der Waals surface area contributed by atoms with E-state index in [9.17, 15) is 8.78 Å². The van der Waals surface area contributed by atoms with E-state index in [1.807, 2.05) is 35.8 Å². The van der Waals surface area contributed by atoms with Crippen molar-refractivity contribution in [3.05, 3.63) is 54.4 Å². The third-order valence-corrected chi connectivity index (χ3v) is 5.54. The molecule has 0 aliphatic rings. The second kappa shape index (κ2) is 8.20. The third kappa shape index (κ3) is 3.69. The summed E-state index contributed by atoms with van der Waals surface area (Å²) in [4.78, 5) is 4.38. The minimum absolute atomic E-state index is 0.264. The van der Waals surface area contributed by atoms with E-state index in [-0.39, 0.29) is 5.75 Å². The normalized spacial score (nSPS) is 11.5. The molecule has 0 saturated carbocycles. The Bertz CT molecular complexity index is 1120. The van der Waals surface area contributed by atoms with Gasteiger partial charge in [0.25, 0.3) is 0 Å². The molecule has 0 radical (unpaired) electrons. The van der Waals surface area contributed by atoms with Crippen LogP contribution in [0.25, 0.3) is 22.4 Å². The fraction of sp³-hybridized carbons (Fsp3) is 0.250. The van der Waals surface area contributed by atoms with Crippen LogP contribution in [0.4, 0.5) is 8.78 Å². The van der Waals surface area contributed by atoms with Crippen LogP contribution in [0.1, 0.15) is 19.3 Å². The van der Waals surface area contributed by atoms with Crippen molar-refractivity contribution < 1.29 is 13.5 Å². The largest absolute Gasteiger partial charge is 0.497 e. The van der Waals surface area contributed by atoms with Crippen molar-refractivity contribution in [1.82, 2.24) is 24.3 Å². The topological polar surface area (TPSA) is 57.8 Å². The molecule has 150 valence electrons. The van der Waals surface area contributed by atoms with Gasteiger partial charge >= 0.3 is 6.55 Å². The summed E-state index contributed by atoms with van der Waals surface area (Å²) in [6.45, 7) is -0.00604. The van der Waals surface area contributed by atoms with Crippen LogP contribution < -0.4 is 4.74 Å². The number of alkyl halides is 2. The Morgan fingerprint density at radius 1 is 1.07 bits per heavy atom. The van der Waals surface area contributed by atoms with Gasteiger partial charge in [-0.3, -0.25) is 4.57 Å². The van der Waals surface area contributed by atoms with Gasteiger partial charge in [-0.15, -0.1) is 10.2 Å². The fourth-order valence-electron chi connectivity index (χ4n) is 3.18. The van der Waals surface area contributed by atoms with Crippen molar-refractivity contribution >= 4 is 22.8 Å². The summed E-state index contributed by atoms with van der Waals surface area (Å²) in [6.07, 6.45) is 0. The van der Waals surface area contributed by atoms with Crippen molar-refractivity contribution in [2.75, 3.05) is 7.11 Å². The second-order valence-corrected chi connectivity index (χ2v) is 7.17. The van der Waals surface area contributed by atoms with Crippen molar-refractivity contribution in [3.63, 3.8) is 0 Å². The molecule has 0 N–H and O–H groups in total. The molecule has 0 bridgehead atoms. The van der Waals surface area contributed by atoms with Crippen LogP contribution in [0, 0.1) is 0 Å². The zero-order valence-electron chi connectivity index (χ0n) is 15.9. The highest BCUT2D eigenvalue weighted by molar-refractivity contribution is 7.98. The van der Waals surface area contributed by atoms with E-state index in [1.165, 1.54) is 11.8 Å². The Morgan fingerprint density at radius 2 is 1.83 bits per heavy atom. The average molecular weight is 415 g/mol. The minimum atomic E-state index is -2.66. The molecule has 2 aromatic heterocycles. The number of methoxy groups -OCH3 is 1. The molecule has 2 heterocycles. The van der Waals surface area contributed by atoms with Gasteiger partial charge in [0.05, 0.1) is 23.9 Å². The van der Waals surface area contributed by atoms with Gasteiger partial charge in [0.2, 0.25) is 0 Å². The number of benzene rings is 2. The molecule has 29 heavy (non-hydrogen) atoms. The summed E-state index contributed by atoms with van der Waals surface area (Å²) >= 11 is 1.34. The van der Waals surface area contributed by atoms with E-state index < -0.39 is 6.55 Å². The lowest BCUT2D eigenvalue weighted by atomic mass is 10.2. The molecular formula is C20H19F2N5OS. The summed E-state index contributed by atoms with van der Waals surface area (Å²) in [5.41, 5.74) is 1.89.